The van der Waals surface area contributed by atoms with Crippen LogP contribution in [0.1, 0.15) is 36.8 Å². The summed E-state index contributed by atoms with van der Waals surface area (Å²) in [6.07, 6.45) is 7.45. The Bertz CT molecular complexity index is 370. The summed E-state index contributed by atoms with van der Waals surface area (Å²) in [7, 11) is 2.15. The average molecular weight is 233 g/mol. The number of hydrogen-bond acceptors (Lipinski definition) is 3. The van der Waals surface area contributed by atoms with Crippen LogP contribution in [0.25, 0.3) is 0 Å². The lowest BCUT2D eigenvalue weighted by molar-refractivity contribution is 0.544. The largest absolute Gasteiger partial charge is 0.359 e. The molecule has 1 aliphatic rings. The Balaban J connectivity index is 2.04. The number of rotatable bonds is 4. The van der Waals surface area contributed by atoms with Crippen molar-refractivity contribution in [3.63, 3.8) is 0 Å². The molecule has 0 aliphatic heterocycles. The van der Waals surface area contributed by atoms with E-state index in [1.54, 1.807) is 0 Å². The van der Waals surface area contributed by atoms with Crippen LogP contribution in [0.2, 0.25) is 0 Å². The maximum atomic E-state index is 5.62. The van der Waals surface area contributed by atoms with Crippen LogP contribution in [0, 0.1) is 12.8 Å². The molecule has 1 heterocycles. The van der Waals surface area contributed by atoms with Crippen molar-refractivity contribution in [2.24, 2.45) is 11.7 Å². The molecule has 1 aromatic heterocycles. The zero-order valence-corrected chi connectivity index (χ0v) is 10.9. The first-order chi connectivity index (χ1) is 8.20. The van der Waals surface area contributed by atoms with Gasteiger partial charge in [0.25, 0.3) is 0 Å². The second kappa shape index (κ2) is 5.50. The zero-order chi connectivity index (χ0) is 12.3. The van der Waals surface area contributed by atoms with Crippen molar-refractivity contribution in [2.75, 3.05) is 18.5 Å². The highest BCUT2D eigenvalue weighted by atomic mass is 15.2. The van der Waals surface area contributed by atoms with Crippen LogP contribution >= 0.6 is 0 Å². The number of pyridine rings is 1. The van der Waals surface area contributed by atoms with E-state index in [0.717, 1.165) is 23.8 Å². The number of nitrogens with zero attached hydrogens (tertiary/aromatic N) is 2. The summed E-state index contributed by atoms with van der Waals surface area (Å²) in [5.74, 6) is 1.96. The molecule has 94 valence electrons. The summed E-state index contributed by atoms with van der Waals surface area (Å²) in [5, 5.41) is 0. The standard InChI is InChI=1S/C14H23N3/c1-11-7-13(8-15)9-16-14(11)17(2)10-12-5-3-4-6-12/h7,9,12H,3-6,8,10,15H2,1-2H3. The number of nitrogens with two attached hydrogens (primary N) is 1. The Morgan fingerprint density at radius 1 is 1.41 bits per heavy atom. The third-order valence-corrected chi connectivity index (χ3v) is 3.71. The molecule has 0 atom stereocenters. The first-order valence-electron chi connectivity index (χ1n) is 6.57. The van der Waals surface area contributed by atoms with Crippen LogP contribution in [0.5, 0.6) is 0 Å². The van der Waals surface area contributed by atoms with Crippen LogP contribution in [0.15, 0.2) is 12.3 Å². The van der Waals surface area contributed by atoms with Crippen LogP contribution in [-0.4, -0.2) is 18.6 Å². The average Bonchev–Trinajstić information content (AvgIpc) is 2.81. The molecule has 0 spiro atoms. The fraction of sp³-hybridized carbons (Fsp3) is 0.643. The number of aryl methyl sites for hydroxylation is 1. The molecule has 3 nitrogen and oxygen atoms in total. The van der Waals surface area contributed by atoms with Crippen LogP contribution in [0.4, 0.5) is 5.82 Å². The van der Waals surface area contributed by atoms with Crippen molar-refractivity contribution in [1.29, 1.82) is 0 Å². The fourth-order valence-electron chi connectivity index (χ4n) is 2.80. The lowest BCUT2D eigenvalue weighted by Gasteiger charge is -2.23. The van der Waals surface area contributed by atoms with Gasteiger partial charge in [0.15, 0.2) is 0 Å². The van der Waals surface area contributed by atoms with Crippen molar-refractivity contribution in [2.45, 2.75) is 39.2 Å². The first kappa shape index (κ1) is 12.4. The minimum atomic E-state index is 0.570. The SMILES string of the molecule is Cc1cc(CN)cnc1N(C)CC1CCCC1. The van der Waals surface area contributed by atoms with Crippen molar-refractivity contribution in [1.82, 2.24) is 4.98 Å². The number of aromatic nitrogens is 1. The molecule has 2 N–H and O–H groups in total. The molecule has 1 aromatic rings. The van der Waals surface area contributed by atoms with E-state index in [2.05, 4.69) is 29.9 Å². The lowest BCUT2D eigenvalue weighted by atomic mass is 10.1. The van der Waals surface area contributed by atoms with Gasteiger partial charge in [-0.2, -0.15) is 0 Å². The smallest absolute Gasteiger partial charge is 0.131 e. The van der Waals surface area contributed by atoms with Gasteiger partial charge in [0, 0.05) is 26.3 Å². The molecule has 1 fully saturated rings. The third-order valence-electron chi connectivity index (χ3n) is 3.71. The van der Waals surface area contributed by atoms with Gasteiger partial charge in [-0.3, -0.25) is 0 Å². The fourth-order valence-corrected chi connectivity index (χ4v) is 2.80. The van der Waals surface area contributed by atoms with E-state index in [9.17, 15) is 0 Å². The summed E-state index contributed by atoms with van der Waals surface area (Å²) in [6, 6.07) is 2.15. The van der Waals surface area contributed by atoms with E-state index in [1.807, 2.05) is 6.20 Å². The van der Waals surface area contributed by atoms with Crippen molar-refractivity contribution in [3.05, 3.63) is 23.4 Å². The molecular weight excluding hydrogens is 210 g/mol. The molecule has 0 bridgehead atoms. The van der Waals surface area contributed by atoms with Gasteiger partial charge in [0.2, 0.25) is 0 Å². The van der Waals surface area contributed by atoms with Gasteiger partial charge in [0.1, 0.15) is 5.82 Å². The number of hydrogen-bond donors (Lipinski definition) is 1. The van der Waals surface area contributed by atoms with Crippen molar-refractivity contribution in [3.8, 4) is 0 Å². The first-order valence-corrected chi connectivity index (χ1v) is 6.57. The van der Waals surface area contributed by atoms with Gasteiger partial charge >= 0.3 is 0 Å². The Hall–Kier alpha value is -1.09. The van der Waals surface area contributed by atoms with Crippen molar-refractivity contribution < 1.29 is 0 Å². The van der Waals surface area contributed by atoms with Gasteiger partial charge in [0.05, 0.1) is 0 Å². The van der Waals surface area contributed by atoms with Crippen LogP contribution in [0.3, 0.4) is 0 Å². The van der Waals surface area contributed by atoms with Gasteiger partial charge < -0.3 is 10.6 Å². The molecule has 0 saturated heterocycles. The molecule has 0 radical (unpaired) electrons. The summed E-state index contributed by atoms with van der Waals surface area (Å²) in [4.78, 5) is 6.83. The molecule has 3 heteroatoms. The van der Waals surface area contributed by atoms with Gasteiger partial charge in [-0.15, -0.1) is 0 Å². The molecule has 1 saturated carbocycles. The highest BCUT2D eigenvalue weighted by molar-refractivity contribution is 5.46. The van der Waals surface area contributed by atoms with Gasteiger partial charge in [-0.05, 0) is 42.9 Å². The molecule has 0 amide bonds. The highest BCUT2D eigenvalue weighted by Gasteiger charge is 2.18. The minimum absolute atomic E-state index is 0.570. The molecule has 17 heavy (non-hydrogen) atoms. The Labute approximate surface area is 104 Å². The van der Waals surface area contributed by atoms with Gasteiger partial charge in [-0.25, -0.2) is 4.98 Å². The summed E-state index contributed by atoms with van der Waals surface area (Å²) in [5.41, 5.74) is 7.96. The summed E-state index contributed by atoms with van der Waals surface area (Å²) in [6.45, 7) is 3.82. The summed E-state index contributed by atoms with van der Waals surface area (Å²) >= 11 is 0. The molecule has 2 rings (SSSR count). The third kappa shape index (κ3) is 2.97. The lowest BCUT2D eigenvalue weighted by Crippen LogP contribution is -2.25. The zero-order valence-electron chi connectivity index (χ0n) is 10.9. The van der Waals surface area contributed by atoms with E-state index < -0.39 is 0 Å². The maximum Gasteiger partial charge on any atom is 0.131 e. The molecule has 1 aliphatic carbocycles. The van der Waals surface area contributed by atoms with E-state index in [1.165, 1.54) is 31.2 Å². The van der Waals surface area contributed by atoms with Crippen LogP contribution in [-0.2, 0) is 6.54 Å². The van der Waals surface area contributed by atoms with Crippen molar-refractivity contribution >= 4 is 5.82 Å². The quantitative estimate of drug-likeness (QED) is 0.868. The second-order valence-electron chi connectivity index (χ2n) is 5.22. The summed E-state index contributed by atoms with van der Waals surface area (Å²) < 4.78 is 0. The normalized spacial score (nSPS) is 16.4. The number of anilines is 1. The molecule has 0 unspecified atom stereocenters. The Morgan fingerprint density at radius 3 is 2.71 bits per heavy atom. The topological polar surface area (TPSA) is 42.1 Å². The van der Waals surface area contributed by atoms with E-state index in [0.29, 0.717) is 6.54 Å². The monoisotopic (exact) mass is 233 g/mol. The Kier molecular flexibility index (Phi) is 4.00. The van der Waals surface area contributed by atoms with E-state index >= 15 is 0 Å². The van der Waals surface area contributed by atoms with E-state index in [-0.39, 0.29) is 0 Å². The molecule has 0 aromatic carbocycles. The predicted octanol–water partition coefficient (Wildman–Crippen LogP) is 2.48. The van der Waals surface area contributed by atoms with E-state index in [4.69, 9.17) is 5.73 Å². The predicted molar refractivity (Wildman–Crippen MR) is 72.1 cm³/mol. The maximum absolute atomic E-state index is 5.62. The highest BCUT2D eigenvalue weighted by Crippen LogP contribution is 2.27. The Morgan fingerprint density at radius 2 is 2.12 bits per heavy atom. The second-order valence-corrected chi connectivity index (χ2v) is 5.22. The van der Waals surface area contributed by atoms with Crippen LogP contribution < -0.4 is 10.6 Å². The molecular formula is C14H23N3. The minimum Gasteiger partial charge on any atom is -0.359 e. The van der Waals surface area contributed by atoms with Gasteiger partial charge in [-0.1, -0.05) is 12.8 Å².